The Labute approximate surface area is 346 Å². The highest BCUT2D eigenvalue weighted by Crippen LogP contribution is 2.26. The lowest BCUT2D eigenvalue weighted by Gasteiger charge is -2.41. The first-order chi connectivity index (χ1) is 27.5. The number of hydrogen-bond donors (Lipinski definition) is 6. The van der Waals surface area contributed by atoms with Crippen LogP contribution in [0.1, 0.15) is 194 Å². The number of rotatable bonds is 38. The van der Waals surface area contributed by atoms with E-state index >= 15 is 0 Å². The van der Waals surface area contributed by atoms with E-state index in [9.17, 15) is 33.6 Å². The Morgan fingerprint density at radius 3 is 1.75 bits per heavy atom. The molecule has 0 aromatic heterocycles. The van der Waals surface area contributed by atoms with E-state index < -0.39 is 59.9 Å². The standard InChI is InChI=1S/C44H83NO11S/c1-3-5-7-9-11-13-14-15-16-17-18-19-20-21-22-23-24-26-28-30-32-34-40(48)45-37(38(47)33-31-29-27-25-12-10-8-6-4-2)36-54-44-42(50)43(56-57(51,52)53)41(49)39(35-46)55-44/h5,7,11,13,37-39,41-44,46-47,49-50H,3-4,6,8-10,12,14-36H2,1-2H3,(H,45,48)(H,51,52,53)/b7-5-,13-11-. The highest BCUT2D eigenvalue weighted by Gasteiger charge is 2.48. The molecule has 7 atom stereocenters. The molecule has 1 aliphatic heterocycles. The molecule has 6 N–H and O–H groups in total. The maximum Gasteiger partial charge on any atom is 0.397 e. The summed E-state index contributed by atoms with van der Waals surface area (Å²) in [5.41, 5.74) is 0. The van der Waals surface area contributed by atoms with Crippen molar-refractivity contribution in [1.29, 1.82) is 0 Å². The highest BCUT2D eigenvalue weighted by molar-refractivity contribution is 7.80. The summed E-state index contributed by atoms with van der Waals surface area (Å²) in [7, 11) is -5.07. The van der Waals surface area contributed by atoms with Crippen molar-refractivity contribution in [2.24, 2.45) is 0 Å². The second kappa shape index (κ2) is 35.3. The van der Waals surface area contributed by atoms with E-state index in [1.165, 1.54) is 103 Å². The Balaban J connectivity index is 2.40. The van der Waals surface area contributed by atoms with Crippen LogP contribution in [0.3, 0.4) is 0 Å². The fourth-order valence-electron chi connectivity index (χ4n) is 7.26. The summed E-state index contributed by atoms with van der Waals surface area (Å²) in [6, 6.07) is -0.854. The average molecular weight is 834 g/mol. The molecule has 0 saturated carbocycles. The lowest BCUT2D eigenvalue weighted by Crippen LogP contribution is -2.61. The second-order valence-corrected chi connectivity index (χ2v) is 17.0. The van der Waals surface area contributed by atoms with Crippen LogP contribution in [0.2, 0.25) is 0 Å². The van der Waals surface area contributed by atoms with E-state index in [0.29, 0.717) is 12.8 Å². The van der Waals surface area contributed by atoms with E-state index in [-0.39, 0.29) is 12.5 Å². The summed E-state index contributed by atoms with van der Waals surface area (Å²) in [5, 5.41) is 44.7. The highest BCUT2D eigenvalue weighted by atomic mass is 32.3. The van der Waals surface area contributed by atoms with Gasteiger partial charge in [0.25, 0.3) is 0 Å². The van der Waals surface area contributed by atoms with Gasteiger partial charge in [-0.05, 0) is 38.5 Å². The molecule has 1 fully saturated rings. The molecule has 336 valence electrons. The SMILES string of the molecule is CC/C=C\C/C=C\CCCCCCCCCCCCCCCCC(=O)NC(COC1OC(CO)C(O)C(OS(=O)(=O)O)C1O)C(O)CCCCCCCCCCC. The van der Waals surface area contributed by atoms with Crippen molar-refractivity contribution in [2.45, 2.75) is 236 Å². The number of allylic oxidation sites excluding steroid dienone is 4. The Morgan fingerprint density at radius 2 is 1.23 bits per heavy atom. The molecule has 0 aromatic carbocycles. The lowest BCUT2D eigenvalue weighted by molar-refractivity contribution is -0.298. The normalized spacial score (nSPS) is 21.4. The fourth-order valence-corrected chi connectivity index (χ4v) is 7.77. The molecule has 1 saturated heterocycles. The molecule has 7 unspecified atom stereocenters. The monoisotopic (exact) mass is 834 g/mol. The van der Waals surface area contributed by atoms with Crippen LogP contribution in [0.5, 0.6) is 0 Å². The van der Waals surface area contributed by atoms with E-state index in [1.54, 1.807) is 0 Å². The van der Waals surface area contributed by atoms with Gasteiger partial charge >= 0.3 is 10.4 Å². The van der Waals surface area contributed by atoms with Gasteiger partial charge in [0.05, 0.1) is 25.4 Å². The third-order valence-corrected chi connectivity index (χ3v) is 11.2. The third kappa shape index (κ3) is 28.6. The molecule has 0 radical (unpaired) electrons. The van der Waals surface area contributed by atoms with E-state index in [1.807, 2.05) is 0 Å². The zero-order valence-electron chi connectivity index (χ0n) is 35.7. The van der Waals surface area contributed by atoms with Crippen LogP contribution in [-0.2, 0) is 28.9 Å². The summed E-state index contributed by atoms with van der Waals surface area (Å²) in [6.45, 7) is 3.31. The van der Waals surface area contributed by atoms with Crippen molar-refractivity contribution in [3.8, 4) is 0 Å². The first-order valence-corrected chi connectivity index (χ1v) is 24.1. The van der Waals surface area contributed by atoms with Crippen LogP contribution in [0.4, 0.5) is 0 Å². The largest absolute Gasteiger partial charge is 0.397 e. The predicted octanol–water partition coefficient (Wildman–Crippen LogP) is 8.55. The van der Waals surface area contributed by atoms with Crippen molar-refractivity contribution in [3.63, 3.8) is 0 Å². The Bertz CT molecular complexity index is 1120. The van der Waals surface area contributed by atoms with Crippen molar-refractivity contribution >= 4 is 16.3 Å². The molecule has 13 heteroatoms. The van der Waals surface area contributed by atoms with Gasteiger partial charge in [0.1, 0.15) is 24.4 Å². The molecule has 0 aliphatic carbocycles. The lowest BCUT2D eigenvalue weighted by atomic mass is 9.99. The topological polar surface area (TPSA) is 192 Å². The van der Waals surface area contributed by atoms with E-state index in [4.69, 9.17) is 14.0 Å². The number of amides is 1. The molecular formula is C44H83NO11S. The third-order valence-electron chi connectivity index (χ3n) is 10.8. The van der Waals surface area contributed by atoms with Crippen LogP contribution in [0.25, 0.3) is 0 Å². The molecule has 1 heterocycles. The minimum Gasteiger partial charge on any atom is -0.394 e. The minimum absolute atomic E-state index is 0.233. The van der Waals surface area contributed by atoms with Crippen LogP contribution in [-0.4, -0.2) is 95.4 Å². The number of hydrogen-bond acceptors (Lipinski definition) is 10. The second-order valence-electron chi connectivity index (χ2n) is 16.0. The smallest absolute Gasteiger partial charge is 0.394 e. The Morgan fingerprint density at radius 1 is 0.719 bits per heavy atom. The molecule has 1 aliphatic rings. The van der Waals surface area contributed by atoms with Gasteiger partial charge in [-0.3, -0.25) is 9.35 Å². The van der Waals surface area contributed by atoms with Gasteiger partial charge in [-0.25, -0.2) is 4.18 Å². The number of aliphatic hydroxyl groups excluding tert-OH is 4. The predicted molar refractivity (Wildman–Crippen MR) is 227 cm³/mol. The summed E-state index contributed by atoms with van der Waals surface area (Å²) >= 11 is 0. The van der Waals surface area contributed by atoms with Crippen molar-refractivity contribution < 1.29 is 51.8 Å². The van der Waals surface area contributed by atoms with Gasteiger partial charge in [-0.2, -0.15) is 8.42 Å². The van der Waals surface area contributed by atoms with Crippen molar-refractivity contribution in [2.75, 3.05) is 13.2 Å². The number of nitrogens with one attached hydrogen (secondary N) is 1. The number of aliphatic hydroxyl groups is 4. The maximum absolute atomic E-state index is 13.0. The number of unbranched alkanes of at least 4 members (excludes halogenated alkanes) is 22. The molecule has 57 heavy (non-hydrogen) atoms. The van der Waals surface area contributed by atoms with E-state index in [2.05, 4.69) is 47.7 Å². The molecule has 0 aromatic rings. The first kappa shape index (κ1) is 53.6. The number of ether oxygens (including phenoxy) is 2. The molecule has 12 nitrogen and oxygen atoms in total. The van der Waals surface area contributed by atoms with Gasteiger partial charge in [0, 0.05) is 6.42 Å². The maximum atomic E-state index is 13.0. The molecular weight excluding hydrogens is 751 g/mol. The molecule has 0 bridgehead atoms. The Hall–Kier alpha value is -1.42. The summed E-state index contributed by atoms with van der Waals surface area (Å²) in [4.78, 5) is 13.0. The van der Waals surface area contributed by atoms with Gasteiger partial charge in [0.2, 0.25) is 5.91 Å². The number of carbonyl (C=O) groups excluding carboxylic acids is 1. The van der Waals surface area contributed by atoms with Crippen LogP contribution < -0.4 is 5.32 Å². The summed E-state index contributed by atoms with van der Waals surface area (Å²) in [6.07, 6.45) is 30.6. The van der Waals surface area contributed by atoms with Crippen molar-refractivity contribution in [3.05, 3.63) is 24.3 Å². The summed E-state index contributed by atoms with van der Waals surface area (Å²) < 4.78 is 47.5. The van der Waals surface area contributed by atoms with Crippen molar-refractivity contribution in [1.82, 2.24) is 5.32 Å². The van der Waals surface area contributed by atoms with Crippen LogP contribution in [0.15, 0.2) is 24.3 Å². The van der Waals surface area contributed by atoms with Crippen LogP contribution >= 0.6 is 0 Å². The number of carbonyl (C=O) groups is 1. The minimum atomic E-state index is -5.07. The average Bonchev–Trinajstić information content (AvgIpc) is 3.18. The molecule has 1 amide bonds. The molecule has 1 rings (SSSR count). The van der Waals surface area contributed by atoms with Gasteiger partial charge in [-0.1, -0.05) is 173 Å². The van der Waals surface area contributed by atoms with E-state index in [0.717, 1.165) is 64.2 Å². The zero-order chi connectivity index (χ0) is 42.0. The fraction of sp³-hybridized carbons (Fsp3) is 0.886. The zero-order valence-corrected chi connectivity index (χ0v) is 36.5. The Kier molecular flexibility index (Phi) is 33.2. The van der Waals surface area contributed by atoms with Gasteiger partial charge < -0.3 is 35.2 Å². The quantitative estimate of drug-likeness (QED) is 0.0198. The molecule has 0 spiro atoms. The van der Waals surface area contributed by atoms with Gasteiger partial charge in [-0.15, -0.1) is 0 Å². The summed E-state index contributed by atoms with van der Waals surface area (Å²) in [5.74, 6) is -0.233. The van der Waals surface area contributed by atoms with Gasteiger partial charge in [0.15, 0.2) is 6.29 Å². The first-order valence-electron chi connectivity index (χ1n) is 22.7. The van der Waals surface area contributed by atoms with Crippen LogP contribution in [0, 0.1) is 0 Å².